The molecule has 3 aromatic heterocycles. The van der Waals surface area contributed by atoms with Gasteiger partial charge in [0.05, 0.1) is 12.1 Å². The van der Waals surface area contributed by atoms with Crippen LogP contribution in [0.25, 0.3) is 22.1 Å². The van der Waals surface area contributed by atoms with E-state index in [9.17, 15) is 14.4 Å². The molecule has 1 fully saturated rings. The third-order valence-electron chi connectivity index (χ3n) is 5.85. The highest BCUT2D eigenvalue weighted by atomic mass is 16.3. The van der Waals surface area contributed by atoms with E-state index in [1.165, 1.54) is 4.90 Å². The number of nitrogens with one attached hydrogen (secondary N) is 2. The first-order chi connectivity index (χ1) is 14.9. The second kappa shape index (κ2) is 5.94. The highest BCUT2D eigenvalue weighted by molar-refractivity contribution is 6.11. The lowest BCUT2D eigenvalue weighted by molar-refractivity contribution is -0.125. The minimum Gasteiger partial charge on any atom is -0.461 e. The molecule has 4 amide bonds. The number of aryl methyl sites for hydroxylation is 1. The highest BCUT2D eigenvalue weighted by Gasteiger charge is 2.53. The Balaban J connectivity index is 1.43. The lowest BCUT2D eigenvalue weighted by atomic mass is 9.95. The van der Waals surface area contributed by atoms with Gasteiger partial charge >= 0.3 is 6.03 Å². The van der Waals surface area contributed by atoms with Gasteiger partial charge in [0.2, 0.25) is 0 Å². The van der Waals surface area contributed by atoms with Gasteiger partial charge in [0.25, 0.3) is 11.8 Å². The second-order valence-corrected chi connectivity index (χ2v) is 7.84. The van der Waals surface area contributed by atoms with Gasteiger partial charge in [-0.15, -0.1) is 0 Å². The molecule has 5 heterocycles. The second-order valence-electron chi connectivity index (χ2n) is 7.84. The van der Waals surface area contributed by atoms with Crippen molar-refractivity contribution in [3.63, 3.8) is 0 Å². The van der Waals surface area contributed by atoms with Crippen molar-refractivity contribution in [2.45, 2.75) is 19.0 Å². The summed E-state index contributed by atoms with van der Waals surface area (Å²) >= 11 is 0. The zero-order valence-electron chi connectivity index (χ0n) is 16.4. The van der Waals surface area contributed by atoms with Crippen LogP contribution in [0.2, 0.25) is 0 Å². The largest absolute Gasteiger partial charge is 0.461 e. The van der Waals surface area contributed by atoms with Gasteiger partial charge < -0.3 is 19.1 Å². The predicted molar refractivity (Wildman–Crippen MR) is 108 cm³/mol. The third-order valence-corrected chi connectivity index (χ3v) is 5.85. The molecule has 4 aromatic rings. The number of nitrogens with zero attached hydrogens (tertiary/aromatic N) is 2. The molecular formula is C22H16N4O5. The molecular weight excluding hydrogens is 400 g/mol. The lowest BCUT2D eigenvalue weighted by Crippen LogP contribution is -2.52. The SMILES string of the molecule is Cc1cc2c3c(ccc2o1)CN(C[C@@]1(c2cc4ncccc4o2)NC(=O)NC1=O)C3=O. The first-order valence-electron chi connectivity index (χ1n) is 9.74. The summed E-state index contributed by atoms with van der Waals surface area (Å²) in [5, 5.41) is 5.69. The molecule has 0 unspecified atom stereocenters. The molecule has 1 saturated heterocycles. The summed E-state index contributed by atoms with van der Waals surface area (Å²) in [4.78, 5) is 44.1. The Morgan fingerprint density at radius 2 is 2.00 bits per heavy atom. The Hall–Kier alpha value is -4.14. The maximum Gasteiger partial charge on any atom is 0.322 e. The normalized spacial score (nSPS) is 20.5. The Morgan fingerprint density at radius 3 is 2.77 bits per heavy atom. The first-order valence-corrected chi connectivity index (χ1v) is 9.74. The number of carbonyl (C=O) groups excluding carboxylic acids is 3. The number of aromatic nitrogens is 1. The van der Waals surface area contributed by atoms with E-state index in [0.29, 0.717) is 34.6 Å². The summed E-state index contributed by atoms with van der Waals surface area (Å²) in [5.74, 6) is 0.120. The molecule has 1 atom stereocenters. The number of imide groups is 1. The average Bonchev–Trinajstić information content (AvgIpc) is 3.46. The van der Waals surface area contributed by atoms with Gasteiger partial charge in [-0.1, -0.05) is 6.07 Å². The standard InChI is InChI=1S/C22H16N4O5/c1-11-7-13-15(30-11)5-4-12-9-26(19(27)18(12)13)10-22(20(28)24-21(29)25-22)17-8-14-16(31-17)3-2-6-23-14/h2-8H,9-10H2,1H3,(H2,24,25,28,29)/t22-/m0/s1. The Labute approximate surface area is 175 Å². The molecule has 0 saturated carbocycles. The molecule has 6 rings (SSSR count). The van der Waals surface area contributed by atoms with Gasteiger partial charge in [-0.2, -0.15) is 0 Å². The van der Waals surface area contributed by atoms with E-state index in [-0.39, 0.29) is 18.2 Å². The number of hydrogen-bond donors (Lipinski definition) is 2. The number of amides is 4. The number of hydrogen-bond acceptors (Lipinski definition) is 6. The molecule has 9 heteroatoms. The number of fused-ring (bicyclic) bond motifs is 4. The van der Waals surface area contributed by atoms with Crippen LogP contribution in [-0.2, 0) is 16.9 Å². The molecule has 2 N–H and O–H groups in total. The molecule has 31 heavy (non-hydrogen) atoms. The Morgan fingerprint density at radius 1 is 1.13 bits per heavy atom. The summed E-state index contributed by atoms with van der Waals surface area (Å²) in [7, 11) is 0. The molecule has 0 radical (unpaired) electrons. The fraction of sp³-hybridized carbons (Fsp3) is 0.182. The summed E-state index contributed by atoms with van der Waals surface area (Å²) in [6.07, 6.45) is 1.61. The van der Waals surface area contributed by atoms with Crippen LogP contribution in [0.15, 0.2) is 51.4 Å². The van der Waals surface area contributed by atoms with E-state index in [1.807, 2.05) is 25.1 Å². The van der Waals surface area contributed by atoms with Gasteiger partial charge in [0, 0.05) is 24.2 Å². The third kappa shape index (κ3) is 2.43. The van der Waals surface area contributed by atoms with Gasteiger partial charge in [-0.3, -0.25) is 19.9 Å². The fourth-order valence-corrected chi connectivity index (χ4v) is 4.45. The van der Waals surface area contributed by atoms with Gasteiger partial charge in [0.15, 0.2) is 11.1 Å². The Bertz CT molecular complexity index is 1400. The number of rotatable bonds is 3. The fourth-order valence-electron chi connectivity index (χ4n) is 4.45. The number of pyridine rings is 1. The summed E-state index contributed by atoms with van der Waals surface area (Å²) in [6.45, 7) is 2.04. The Kier molecular flexibility index (Phi) is 3.39. The van der Waals surface area contributed by atoms with Crippen molar-refractivity contribution in [1.29, 1.82) is 0 Å². The molecule has 0 bridgehead atoms. The smallest absolute Gasteiger partial charge is 0.322 e. The van der Waals surface area contributed by atoms with Gasteiger partial charge in [0.1, 0.15) is 22.6 Å². The molecule has 1 aromatic carbocycles. The van der Waals surface area contributed by atoms with E-state index in [0.717, 1.165) is 10.9 Å². The highest BCUT2D eigenvalue weighted by Crippen LogP contribution is 2.36. The van der Waals surface area contributed by atoms with Gasteiger partial charge in [-0.05, 0) is 36.8 Å². The van der Waals surface area contributed by atoms with Crippen LogP contribution < -0.4 is 10.6 Å². The van der Waals surface area contributed by atoms with E-state index < -0.39 is 17.5 Å². The van der Waals surface area contributed by atoms with Crippen molar-refractivity contribution >= 4 is 39.9 Å². The molecule has 154 valence electrons. The zero-order valence-corrected chi connectivity index (χ0v) is 16.4. The van der Waals surface area contributed by atoms with Crippen molar-refractivity contribution in [3.05, 3.63) is 65.2 Å². The monoisotopic (exact) mass is 416 g/mol. The van der Waals surface area contributed by atoms with Crippen LogP contribution in [0, 0.1) is 6.92 Å². The van der Waals surface area contributed by atoms with Crippen LogP contribution in [-0.4, -0.2) is 34.3 Å². The van der Waals surface area contributed by atoms with E-state index in [1.54, 1.807) is 24.4 Å². The number of urea groups is 1. The molecule has 9 nitrogen and oxygen atoms in total. The number of benzene rings is 1. The first kappa shape index (κ1) is 17.7. The van der Waals surface area contributed by atoms with Gasteiger partial charge in [-0.25, -0.2) is 4.79 Å². The molecule has 0 aliphatic carbocycles. The van der Waals surface area contributed by atoms with Crippen molar-refractivity contribution < 1.29 is 23.2 Å². The van der Waals surface area contributed by atoms with E-state index in [2.05, 4.69) is 15.6 Å². The van der Waals surface area contributed by atoms with Crippen LogP contribution in [0.4, 0.5) is 4.79 Å². The number of carbonyl (C=O) groups is 3. The van der Waals surface area contributed by atoms with Crippen LogP contribution in [0.3, 0.4) is 0 Å². The molecule has 2 aliphatic rings. The quantitative estimate of drug-likeness (QED) is 0.496. The predicted octanol–water partition coefficient (Wildman–Crippen LogP) is 2.57. The van der Waals surface area contributed by atoms with E-state index in [4.69, 9.17) is 8.83 Å². The summed E-state index contributed by atoms with van der Waals surface area (Å²) in [5.41, 5.74) is 1.51. The maximum absolute atomic E-state index is 13.3. The van der Waals surface area contributed by atoms with Crippen LogP contribution in [0.5, 0.6) is 0 Å². The lowest BCUT2D eigenvalue weighted by Gasteiger charge is -2.29. The summed E-state index contributed by atoms with van der Waals surface area (Å²) < 4.78 is 11.5. The van der Waals surface area contributed by atoms with Crippen molar-refractivity contribution in [1.82, 2.24) is 20.5 Å². The van der Waals surface area contributed by atoms with Crippen molar-refractivity contribution in [3.8, 4) is 0 Å². The zero-order chi connectivity index (χ0) is 21.3. The van der Waals surface area contributed by atoms with Crippen molar-refractivity contribution in [2.75, 3.05) is 6.54 Å². The maximum atomic E-state index is 13.3. The van der Waals surface area contributed by atoms with Crippen molar-refractivity contribution in [2.24, 2.45) is 0 Å². The average molecular weight is 416 g/mol. The minimum absolute atomic E-state index is 0.0871. The van der Waals surface area contributed by atoms with Crippen LogP contribution >= 0.6 is 0 Å². The molecule has 2 aliphatic heterocycles. The van der Waals surface area contributed by atoms with Crippen LogP contribution in [0.1, 0.15) is 27.4 Å². The summed E-state index contributed by atoms with van der Waals surface area (Å²) in [6, 6.07) is 9.94. The topological polar surface area (TPSA) is 118 Å². The van der Waals surface area contributed by atoms with E-state index >= 15 is 0 Å². The molecule has 0 spiro atoms. The number of furan rings is 2. The minimum atomic E-state index is -1.55.